The number of ketones is 1. The molecule has 2 heteroatoms. The Hall–Kier alpha value is -2.19. The lowest BCUT2D eigenvalue weighted by atomic mass is 9.86. The van der Waals surface area contributed by atoms with Crippen LogP contribution >= 0.6 is 11.3 Å². The normalized spacial score (nSPS) is 10.9. The standard InChI is InChI=1S/C20H18OS/c1-14-5-9-16(10-6-14)19(17-11-7-15(2)8-12-17)20(21)18-4-3-13-22-18/h3-13,19H,1-2H3. The van der Waals surface area contributed by atoms with E-state index in [1.165, 1.54) is 22.5 Å². The van der Waals surface area contributed by atoms with Gasteiger partial charge in [-0.1, -0.05) is 65.7 Å². The molecule has 3 rings (SSSR count). The molecule has 0 aliphatic rings. The van der Waals surface area contributed by atoms with E-state index in [9.17, 15) is 4.79 Å². The van der Waals surface area contributed by atoms with Crippen LogP contribution in [0.4, 0.5) is 0 Å². The van der Waals surface area contributed by atoms with Crippen molar-refractivity contribution in [2.45, 2.75) is 19.8 Å². The maximum Gasteiger partial charge on any atom is 0.184 e. The van der Waals surface area contributed by atoms with Crippen molar-refractivity contribution in [2.75, 3.05) is 0 Å². The third kappa shape index (κ3) is 3.02. The van der Waals surface area contributed by atoms with Crippen LogP contribution in [-0.2, 0) is 0 Å². The van der Waals surface area contributed by atoms with E-state index in [0.29, 0.717) is 0 Å². The topological polar surface area (TPSA) is 17.1 Å². The Balaban J connectivity index is 2.07. The lowest BCUT2D eigenvalue weighted by Crippen LogP contribution is -2.13. The molecule has 0 N–H and O–H groups in total. The van der Waals surface area contributed by atoms with E-state index >= 15 is 0 Å². The molecule has 1 heterocycles. The lowest BCUT2D eigenvalue weighted by Gasteiger charge is -2.17. The molecule has 0 aliphatic heterocycles. The molecule has 0 atom stereocenters. The van der Waals surface area contributed by atoms with Gasteiger partial charge in [0.05, 0.1) is 10.8 Å². The third-order valence-electron chi connectivity index (χ3n) is 3.85. The summed E-state index contributed by atoms with van der Waals surface area (Å²) in [6.07, 6.45) is 0. The molecule has 0 spiro atoms. The minimum absolute atomic E-state index is 0.169. The molecule has 0 saturated carbocycles. The number of hydrogen-bond donors (Lipinski definition) is 0. The van der Waals surface area contributed by atoms with Crippen LogP contribution < -0.4 is 0 Å². The maximum absolute atomic E-state index is 13.0. The number of benzene rings is 2. The SMILES string of the molecule is Cc1ccc(C(C(=O)c2cccs2)c2ccc(C)cc2)cc1. The van der Waals surface area contributed by atoms with Gasteiger partial charge >= 0.3 is 0 Å². The van der Waals surface area contributed by atoms with Crippen LogP contribution in [0.3, 0.4) is 0 Å². The van der Waals surface area contributed by atoms with E-state index in [0.717, 1.165) is 16.0 Å². The van der Waals surface area contributed by atoms with Crippen molar-refractivity contribution < 1.29 is 4.79 Å². The average Bonchev–Trinajstić information content (AvgIpc) is 3.05. The third-order valence-corrected chi connectivity index (χ3v) is 4.73. The van der Waals surface area contributed by atoms with Gasteiger partial charge in [0.15, 0.2) is 5.78 Å². The predicted octanol–water partition coefficient (Wildman–Crippen LogP) is 5.38. The van der Waals surface area contributed by atoms with E-state index < -0.39 is 0 Å². The highest BCUT2D eigenvalue weighted by atomic mass is 32.1. The maximum atomic E-state index is 13.0. The lowest BCUT2D eigenvalue weighted by molar-refractivity contribution is 0.0978. The predicted molar refractivity (Wildman–Crippen MR) is 92.9 cm³/mol. The fourth-order valence-electron chi connectivity index (χ4n) is 2.57. The summed E-state index contributed by atoms with van der Waals surface area (Å²) in [5.74, 6) is -0.0671. The van der Waals surface area contributed by atoms with Gasteiger partial charge in [0.2, 0.25) is 0 Å². The highest BCUT2D eigenvalue weighted by Gasteiger charge is 2.24. The van der Waals surface area contributed by atoms with Crippen molar-refractivity contribution in [3.8, 4) is 0 Å². The molecule has 1 aromatic heterocycles. The van der Waals surface area contributed by atoms with Gasteiger partial charge in [0, 0.05) is 0 Å². The molecule has 0 fully saturated rings. The number of hydrogen-bond acceptors (Lipinski definition) is 2. The molecule has 0 radical (unpaired) electrons. The molecule has 0 amide bonds. The quantitative estimate of drug-likeness (QED) is 0.591. The van der Waals surface area contributed by atoms with Gasteiger partial charge in [0.25, 0.3) is 0 Å². The van der Waals surface area contributed by atoms with Gasteiger partial charge in [-0.2, -0.15) is 0 Å². The van der Waals surface area contributed by atoms with Crippen LogP contribution in [0.1, 0.15) is 37.8 Å². The molecular formula is C20H18OS. The Labute approximate surface area is 135 Å². The number of carbonyl (C=O) groups is 1. The van der Waals surface area contributed by atoms with Gasteiger partial charge < -0.3 is 0 Å². The summed E-state index contributed by atoms with van der Waals surface area (Å²) in [7, 11) is 0. The molecule has 0 saturated heterocycles. The number of Topliss-reactive ketones (excluding diaryl/α,β-unsaturated/α-hetero) is 1. The Morgan fingerprint density at radius 2 is 1.32 bits per heavy atom. The number of rotatable bonds is 4. The monoisotopic (exact) mass is 306 g/mol. The zero-order valence-electron chi connectivity index (χ0n) is 12.7. The van der Waals surface area contributed by atoms with Crippen molar-refractivity contribution in [1.82, 2.24) is 0 Å². The van der Waals surface area contributed by atoms with Crippen molar-refractivity contribution in [3.05, 3.63) is 93.2 Å². The van der Waals surface area contributed by atoms with E-state index in [1.54, 1.807) is 0 Å². The first-order valence-corrected chi connectivity index (χ1v) is 8.24. The van der Waals surface area contributed by atoms with Crippen LogP contribution in [0.5, 0.6) is 0 Å². The molecule has 0 aliphatic carbocycles. The van der Waals surface area contributed by atoms with Crippen LogP contribution in [-0.4, -0.2) is 5.78 Å². The van der Waals surface area contributed by atoms with Gasteiger partial charge in [0.1, 0.15) is 0 Å². The summed E-state index contributed by atoms with van der Waals surface area (Å²) >= 11 is 1.51. The zero-order valence-corrected chi connectivity index (χ0v) is 13.6. The van der Waals surface area contributed by atoms with Gasteiger partial charge in [-0.05, 0) is 36.4 Å². The summed E-state index contributed by atoms with van der Waals surface area (Å²) in [5.41, 5.74) is 4.51. The Kier molecular flexibility index (Phi) is 4.21. The van der Waals surface area contributed by atoms with Crippen LogP contribution in [0.15, 0.2) is 66.0 Å². The molecule has 1 nitrogen and oxygen atoms in total. The molecule has 2 aromatic carbocycles. The Bertz CT molecular complexity index is 707. The van der Waals surface area contributed by atoms with E-state index in [1.807, 2.05) is 17.5 Å². The van der Waals surface area contributed by atoms with Crippen molar-refractivity contribution in [1.29, 1.82) is 0 Å². The summed E-state index contributed by atoms with van der Waals surface area (Å²) in [6, 6.07) is 20.3. The van der Waals surface area contributed by atoms with Gasteiger partial charge in [-0.15, -0.1) is 11.3 Å². The van der Waals surface area contributed by atoms with Crippen molar-refractivity contribution >= 4 is 17.1 Å². The second-order valence-corrected chi connectivity index (χ2v) is 6.54. The first kappa shape index (κ1) is 14.7. The molecule has 3 aromatic rings. The molecule has 0 unspecified atom stereocenters. The average molecular weight is 306 g/mol. The molecule has 0 bridgehead atoms. The first-order valence-electron chi connectivity index (χ1n) is 7.36. The van der Waals surface area contributed by atoms with E-state index in [2.05, 4.69) is 62.4 Å². The fraction of sp³-hybridized carbons (Fsp3) is 0.150. The second-order valence-electron chi connectivity index (χ2n) is 5.60. The summed E-state index contributed by atoms with van der Waals surface area (Å²) < 4.78 is 0. The Morgan fingerprint density at radius 3 is 1.73 bits per heavy atom. The van der Waals surface area contributed by atoms with E-state index in [-0.39, 0.29) is 11.7 Å². The minimum Gasteiger partial charge on any atom is -0.292 e. The summed E-state index contributed by atoms with van der Waals surface area (Å²) in [5, 5.41) is 1.95. The smallest absolute Gasteiger partial charge is 0.184 e. The van der Waals surface area contributed by atoms with Gasteiger partial charge in [-0.3, -0.25) is 4.79 Å². The largest absolute Gasteiger partial charge is 0.292 e. The van der Waals surface area contributed by atoms with E-state index in [4.69, 9.17) is 0 Å². The second kappa shape index (κ2) is 6.29. The highest BCUT2D eigenvalue weighted by Crippen LogP contribution is 2.30. The summed E-state index contributed by atoms with van der Waals surface area (Å²) in [4.78, 5) is 13.8. The highest BCUT2D eigenvalue weighted by molar-refractivity contribution is 7.12. The minimum atomic E-state index is -0.236. The summed E-state index contributed by atoms with van der Waals surface area (Å²) in [6.45, 7) is 4.12. The number of carbonyl (C=O) groups excluding carboxylic acids is 1. The van der Waals surface area contributed by atoms with Crippen LogP contribution in [0.25, 0.3) is 0 Å². The van der Waals surface area contributed by atoms with Crippen LogP contribution in [0, 0.1) is 13.8 Å². The van der Waals surface area contributed by atoms with Crippen LogP contribution in [0.2, 0.25) is 0 Å². The Morgan fingerprint density at radius 1 is 0.818 bits per heavy atom. The number of aryl methyl sites for hydroxylation is 2. The first-order chi connectivity index (χ1) is 10.6. The zero-order chi connectivity index (χ0) is 15.5. The van der Waals surface area contributed by atoms with Gasteiger partial charge in [-0.25, -0.2) is 0 Å². The molecule has 110 valence electrons. The molecular weight excluding hydrogens is 288 g/mol. The fourth-order valence-corrected chi connectivity index (χ4v) is 3.27. The molecule has 22 heavy (non-hydrogen) atoms. The van der Waals surface area contributed by atoms with Crippen molar-refractivity contribution in [2.24, 2.45) is 0 Å². The van der Waals surface area contributed by atoms with Crippen molar-refractivity contribution in [3.63, 3.8) is 0 Å². The number of thiophene rings is 1.